The summed E-state index contributed by atoms with van der Waals surface area (Å²) in [4.78, 5) is 19.1. The van der Waals surface area contributed by atoms with Gasteiger partial charge in [-0.3, -0.25) is 4.79 Å². The van der Waals surface area contributed by atoms with Crippen LogP contribution in [-0.2, 0) is 17.8 Å². The number of carbonyl (C=O) groups excluding carboxylic acids is 1. The monoisotopic (exact) mass is 448 g/mol. The van der Waals surface area contributed by atoms with Crippen LogP contribution in [0.25, 0.3) is 22.2 Å². The van der Waals surface area contributed by atoms with E-state index >= 15 is 0 Å². The standard InChI is InChI=1S/C29H28N4O/c1-2-3-9-28-31-26-16-15-24(32-17-6-10-29(32)34)18-27(26)33(28)20-21-11-13-22(14-12-21)25-8-5-4-7-23(25)19-30/h4-5,7-8,11-16,18H,2-3,6,9-10,17,20H2,1H3. The van der Waals surface area contributed by atoms with Gasteiger partial charge in [-0.05, 0) is 53.8 Å². The number of hydrogen-bond donors (Lipinski definition) is 0. The molecular formula is C29H28N4O. The number of imidazole rings is 1. The van der Waals surface area contributed by atoms with Gasteiger partial charge in [-0.2, -0.15) is 5.26 Å². The van der Waals surface area contributed by atoms with E-state index in [0.717, 1.165) is 65.9 Å². The number of benzene rings is 3. The Morgan fingerprint density at radius 2 is 1.88 bits per heavy atom. The molecule has 0 aliphatic carbocycles. The lowest BCUT2D eigenvalue weighted by molar-refractivity contribution is -0.117. The predicted octanol–water partition coefficient (Wildman–Crippen LogP) is 6.09. The summed E-state index contributed by atoms with van der Waals surface area (Å²) in [6.07, 6.45) is 4.67. The number of aryl methyl sites for hydroxylation is 1. The third kappa shape index (κ3) is 4.20. The van der Waals surface area contributed by atoms with Crippen LogP contribution in [0.2, 0.25) is 0 Å². The first-order valence-electron chi connectivity index (χ1n) is 12.1. The van der Waals surface area contributed by atoms with Crippen LogP contribution in [0.4, 0.5) is 5.69 Å². The van der Waals surface area contributed by atoms with Crippen LogP contribution in [0.3, 0.4) is 0 Å². The Hall–Kier alpha value is -3.91. The van der Waals surface area contributed by atoms with Gasteiger partial charge in [0.15, 0.2) is 0 Å². The lowest BCUT2D eigenvalue weighted by atomic mass is 9.99. The fourth-order valence-corrected chi connectivity index (χ4v) is 4.76. The molecule has 0 spiro atoms. The minimum atomic E-state index is 0.199. The first-order valence-corrected chi connectivity index (χ1v) is 12.1. The summed E-state index contributed by atoms with van der Waals surface area (Å²) < 4.78 is 2.30. The Balaban J connectivity index is 1.50. The van der Waals surface area contributed by atoms with Crippen LogP contribution < -0.4 is 4.90 Å². The van der Waals surface area contributed by atoms with Crippen molar-refractivity contribution in [1.82, 2.24) is 9.55 Å². The molecule has 1 saturated heterocycles. The molecule has 1 amide bonds. The van der Waals surface area contributed by atoms with E-state index in [1.165, 1.54) is 5.56 Å². The molecule has 1 aliphatic rings. The molecule has 1 aromatic heterocycles. The second-order valence-corrected chi connectivity index (χ2v) is 8.89. The van der Waals surface area contributed by atoms with Gasteiger partial charge in [0.25, 0.3) is 0 Å². The molecule has 170 valence electrons. The molecule has 0 radical (unpaired) electrons. The number of nitrogens with zero attached hydrogens (tertiary/aromatic N) is 4. The average molecular weight is 449 g/mol. The van der Waals surface area contributed by atoms with E-state index in [4.69, 9.17) is 4.98 Å². The zero-order valence-electron chi connectivity index (χ0n) is 19.5. The fourth-order valence-electron chi connectivity index (χ4n) is 4.76. The number of rotatable bonds is 7. The van der Waals surface area contributed by atoms with Crippen molar-refractivity contribution in [1.29, 1.82) is 5.26 Å². The number of unbranched alkanes of at least 4 members (excludes halogenated alkanes) is 1. The van der Waals surface area contributed by atoms with Gasteiger partial charge >= 0.3 is 0 Å². The van der Waals surface area contributed by atoms with Crippen molar-refractivity contribution in [3.8, 4) is 17.2 Å². The quantitative estimate of drug-likeness (QED) is 0.344. The number of amides is 1. The van der Waals surface area contributed by atoms with Crippen molar-refractivity contribution in [3.05, 3.63) is 83.7 Å². The lowest BCUT2D eigenvalue weighted by Gasteiger charge is -2.16. The zero-order chi connectivity index (χ0) is 23.5. The van der Waals surface area contributed by atoms with E-state index in [1.807, 2.05) is 41.3 Å². The highest BCUT2D eigenvalue weighted by molar-refractivity contribution is 5.97. The van der Waals surface area contributed by atoms with E-state index in [-0.39, 0.29) is 5.91 Å². The Labute approximate surface area is 200 Å². The summed E-state index contributed by atoms with van der Waals surface area (Å²) in [5, 5.41) is 9.44. The molecule has 3 aromatic carbocycles. The first-order chi connectivity index (χ1) is 16.7. The lowest BCUT2D eigenvalue weighted by Crippen LogP contribution is -2.23. The van der Waals surface area contributed by atoms with E-state index in [1.54, 1.807) is 0 Å². The van der Waals surface area contributed by atoms with Crippen LogP contribution >= 0.6 is 0 Å². The third-order valence-electron chi connectivity index (χ3n) is 6.60. The second-order valence-electron chi connectivity index (χ2n) is 8.89. The molecule has 5 rings (SSSR count). The van der Waals surface area contributed by atoms with Crippen LogP contribution in [0.5, 0.6) is 0 Å². The molecule has 2 heterocycles. The minimum Gasteiger partial charge on any atom is -0.323 e. The molecule has 5 heteroatoms. The normalized spacial score (nSPS) is 13.5. The van der Waals surface area contributed by atoms with Gasteiger partial charge < -0.3 is 9.47 Å². The summed E-state index contributed by atoms with van der Waals surface area (Å²) in [7, 11) is 0. The van der Waals surface area contributed by atoms with Gasteiger partial charge in [-0.1, -0.05) is 55.8 Å². The van der Waals surface area contributed by atoms with Crippen LogP contribution in [-0.4, -0.2) is 22.0 Å². The molecule has 1 aliphatic heterocycles. The molecule has 0 unspecified atom stereocenters. The highest BCUT2D eigenvalue weighted by Crippen LogP contribution is 2.29. The molecule has 1 fully saturated rings. The summed E-state index contributed by atoms with van der Waals surface area (Å²) in [6, 6.07) is 24.6. The SMILES string of the molecule is CCCCc1nc2ccc(N3CCCC3=O)cc2n1Cc1ccc(-c2ccccc2C#N)cc1. The Kier molecular flexibility index (Phi) is 6.14. The number of nitriles is 1. The number of carbonyl (C=O) groups is 1. The molecule has 0 bridgehead atoms. The molecule has 34 heavy (non-hydrogen) atoms. The predicted molar refractivity (Wildman–Crippen MR) is 136 cm³/mol. The molecule has 4 aromatic rings. The minimum absolute atomic E-state index is 0.199. The summed E-state index contributed by atoms with van der Waals surface area (Å²) >= 11 is 0. The highest BCUT2D eigenvalue weighted by atomic mass is 16.2. The molecule has 5 nitrogen and oxygen atoms in total. The molecular weight excluding hydrogens is 420 g/mol. The largest absolute Gasteiger partial charge is 0.323 e. The Morgan fingerprint density at radius 3 is 2.62 bits per heavy atom. The number of aromatic nitrogens is 2. The third-order valence-corrected chi connectivity index (χ3v) is 6.60. The molecule has 0 saturated carbocycles. The van der Waals surface area contributed by atoms with Crippen LogP contribution in [0.15, 0.2) is 66.7 Å². The topological polar surface area (TPSA) is 61.9 Å². The number of anilines is 1. The summed E-state index contributed by atoms with van der Waals surface area (Å²) in [5.41, 5.74) is 6.86. The maximum absolute atomic E-state index is 12.3. The van der Waals surface area contributed by atoms with E-state index in [9.17, 15) is 10.1 Å². The van der Waals surface area contributed by atoms with Gasteiger partial charge in [-0.25, -0.2) is 4.98 Å². The second kappa shape index (κ2) is 9.52. The van der Waals surface area contributed by atoms with Crippen molar-refractivity contribution in [2.45, 2.75) is 45.6 Å². The van der Waals surface area contributed by atoms with Gasteiger partial charge in [0.05, 0.1) is 22.7 Å². The number of fused-ring (bicyclic) bond motifs is 1. The van der Waals surface area contributed by atoms with E-state index in [0.29, 0.717) is 18.5 Å². The first kappa shape index (κ1) is 21.9. The van der Waals surface area contributed by atoms with Gasteiger partial charge in [-0.15, -0.1) is 0 Å². The maximum atomic E-state index is 12.3. The summed E-state index contributed by atoms with van der Waals surface area (Å²) in [6.45, 7) is 3.70. The van der Waals surface area contributed by atoms with E-state index in [2.05, 4.69) is 47.9 Å². The maximum Gasteiger partial charge on any atom is 0.227 e. The number of hydrogen-bond acceptors (Lipinski definition) is 3. The van der Waals surface area contributed by atoms with E-state index < -0.39 is 0 Å². The van der Waals surface area contributed by atoms with Gasteiger partial charge in [0, 0.05) is 31.6 Å². The smallest absolute Gasteiger partial charge is 0.227 e. The van der Waals surface area contributed by atoms with Crippen molar-refractivity contribution < 1.29 is 4.79 Å². The van der Waals surface area contributed by atoms with Crippen LogP contribution in [0, 0.1) is 11.3 Å². The van der Waals surface area contributed by atoms with Crippen molar-refractivity contribution >= 4 is 22.6 Å². The average Bonchev–Trinajstić information content (AvgIpc) is 3.46. The van der Waals surface area contributed by atoms with Crippen LogP contribution in [0.1, 0.15) is 49.6 Å². The van der Waals surface area contributed by atoms with Gasteiger partial charge in [0.2, 0.25) is 5.91 Å². The van der Waals surface area contributed by atoms with Crippen molar-refractivity contribution in [3.63, 3.8) is 0 Å². The van der Waals surface area contributed by atoms with Gasteiger partial charge in [0.1, 0.15) is 5.82 Å². The molecule has 0 atom stereocenters. The summed E-state index contributed by atoms with van der Waals surface area (Å²) in [5.74, 6) is 1.28. The fraction of sp³-hybridized carbons (Fsp3) is 0.276. The van der Waals surface area contributed by atoms with Crippen molar-refractivity contribution in [2.75, 3.05) is 11.4 Å². The zero-order valence-corrected chi connectivity index (χ0v) is 19.5. The molecule has 0 N–H and O–H groups in total. The Bertz CT molecular complexity index is 1380. The van der Waals surface area contributed by atoms with Crippen molar-refractivity contribution in [2.24, 2.45) is 0 Å². The Morgan fingerprint density at radius 1 is 1.06 bits per heavy atom. The highest BCUT2D eigenvalue weighted by Gasteiger charge is 2.23.